The Labute approximate surface area is 261 Å². The Morgan fingerprint density at radius 2 is 1.27 bits per heavy atom. The lowest BCUT2D eigenvalue weighted by atomic mass is 9.88. The molecule has 2 saturated carbocycles. The Morgan fingerprint density at radius 3 is 1.68 bits per heavy atom. The topological polar surface area (TPSA) is 165 Å². The Balaban J connectivity index is 0.00000102. The summed E-state index contributed by atoms with van der Waals surface area (Å²) in [5.41, 5.74) is 0.871. The molecule has 2 fully saturated rings. The van der Waals surface area contributed by atoms with Gasteiger partial charge in [0.15, 0.2) is 0 Å². The van der Waals surface area contributed by atoms with E-state index in [1.165, 1.54) is 38.5 Å². The predicted molar refractivity (Wildman–Crippen MR) is 169 cm³/mol. The molecular formula is C31H50N4O8S. The number of carbonyl (C=O) groups excluding carboxylic acids is 2. The van der Waals surface area contributed by atoms with E-state index in [-0.39, 0.29) is 30.4 Å². The van der Waals surface area contributed by atoms with Gasteiger partial charge in [-0.1, -0.05) is 52.4 Å². The highest BCUT2D eigenvalue weighted by atomic mass is 32.2. The van der Waals surface area contributed by atoms with Crippen molar-refractivity contribution in [2.24, 2.45) is 0 Å². The summed E-state index contributed by atoms with van der Waals surface area (Å²) in [6.45, 7) is 7.64. The highest BCUT2D eigenvalue weighted by molar-refractivity contribution is 7.92. The fourth-order valence-electron chi connectivity index (χ4n) is 6.02. The van der Waals surface area contributed by atoms with Gasteiger partial charge in [0.05, 0.1) is 6.26 Å². The Bertz CT molecular complexity index is 1150. The van der Waals surface area contributed by atoms with E-state index < -0.39 is 22.0 Å². The van der Waals surface area contributed by atoms with Crippen molar-refractivity contribution in [3.05, 3.63) is 29.8 Å². The van der Waals surface area contributed by atoms with Crippen molar-refractivity contribution in [1.82, 2.24) is 14.7 Å². The van der Waals surface area contributed by atoms with Crippen LogP contribution < -0.4 is 4.72 Å². The average molecular weight is 639 g/mol. The number of carboxylic acid groups (broad SMARTS) is 2. The van der Waals surface area contributed by atoms with Crippen molar-refractivity contribution in [2.75, 3.05) is 43.7 Å². The third-order valence-corrected chi connectivity index (χ3v) is 8.86. The van der Waals surface area contributed by atoms with Crippen molar-refractivity contribution in [3.63, 3.8) is 0 Å². The summed E-state index contributed by atoms with van der Waals surface area (Å²) in [5, 5.41) is 14.8. The predicted octanol–water partition coefficient (Wildman–Crippen LogP) is 3.88. The number of carboxylic acids is 2. The molecule has 0 aliphatic heterocycles. The molecule has 3 rings (SSSR count). The van der Waals surface area contributed by atoms with E-state index in [0.717, 1.165) is 58.0 Å². The van der Waals surface area contributed by atoms with Crippen LogP contribution in [-0.4, -0.2) is 108 Å². The molecule has 1 aromatic carbocycles. The number of amides is 2. The second-order valence-corrected chi connectivity index (χ2v) is 13.3. The van der Waals surface area contributed by atoms with Gasteiger partial charge >= 0.3 is 11.9 Å². The van der Waals surface area contributed by atoms with E-state index >= 15 is 0 Å². The highest BCUT2D eigenvalue weighted by Crippen LogP contribution is 2.30. The third kappa shape index (κ3) is 12.8. The maximum absolute atomic E-state index is 14.0. The van der Waals surface area contributed by atoms with Crippen LogP contribution >= 0.6 is 0 Å². The number of rotatable bonds is 13. The van der Waals surface area contributed by atoms with Crippen LogP contribution in [-0.2, 0) is 24.4 Å². The number of hydrogen-bond acceptors (Lipinski definition) is 7. The first-order valence-electron chi connectivity index (χ1n) is 15.7. The maximum atomic E-state index is 14.0. The second kappa shape index (κ2) is 18.6. The first-order valence-corrected chi connectivity index (χ1v) is 17.6. The molecule has 0 unspecified atom stereocenters. The molecule has 13 heteroatoms. The zero-order valence-electron chi connectivity index (χ0n) is 26.4. The molecule has 2 aliphatic carbocycles. The molecule has 2 aliphatic rings. The smallest absolute Gasteiger partial charge is 0.414 e. The van der Waals surface area contributed by atoms with Gasteiger partial charge in [0.25, 0.3) is 5.91 Å². The Hall–Kier alpha value is -3.19. The van der Waals surface area contributed by atoms with Gasteiger partial charge in [-0.25, -0.2) is 18.0 Å². The lowest BCUT2D eigenvalue weighted by Crippen LogP contribution is -2.53. The minimum Gasteiger partial charge on any atom is -0.473 e. The number of carbonyl (C=O) groups is 4. The first-order chi connectivity index (χ1) is 20.9. The van der Waals surface area contributed by atoms with Crippen LogP contribution in [0.25, 0.3) is 0 Å². The Kier molecular flexibility index (Phi) is 15.6. The third-order valence-electron chi connectivity index (χ3n) is 8.25. The summed E-state index contributed by atoms with van der Waals surface area (Å²) in [6, 6.07) is 7.04. The fourth-order valence-corrected chi connectivity index (χ4v) is 6.59. The fraction of sp³-hybridized carbons (Fsp3) is 0.677. The molecule has 12 nitrogen and oxygen atoms in total. The van der Waals surface area contributed by atoms with Crippen molar-refractivity contribution in [1.29, 1.82) is 0 Å². The number of benzene rings is 1. The van der Waals surface area contributed by atoms with Gasteiger partial charge < -0.3 is 24.9 Å². The van der Waals surface area contributed by atoms with E-state index in [9.17, 15) is 18.0 Å². The molecule has 0 heterocycles. The number of anilines is 1. The van der Waals surface area contributed by atoms with Crippen LogP contribution in [0.1, 0.15) is 94.8 Å². The minimum atomic E-state index is -3.40. The van der Waals surface area contributed by atoms with Gasteiger partial charge in [-0.15, -0.1) is 0 Å². The zero-order valence-corrected chi connectivity index (χ0v) is 27.2. The average Bonchev–Trinajstić information content (AvgIpc) is 2.99. The van der Waals surface area contributed by atoms with E-state index in [4.69, 9.17) is 19.8 Å². The summed E-state index contributed by atoms with van der Waals surface area (Å²) < 4.78 is 25.6. The molecule has 248 valence electrons. The summed E-state index contributed by atoms with van der Waals surface area (Å²) in [4.78, 5) is 52.0. The molecule has 0 spiro atoms. The molecule has 0 saturated heterocycles. The van der Waals surface area contributed by atoms with Crippen molar-refractivity contribution < 1.29 is 37.8 Å². The van der Waals surface area contributed by atoms with Gasteiger partial charge in [-0.05, 0) is 76.0 Å². The quantitative estimate of drug-likeness (QED) is 0.272. The SMILES string of the molecule is CCN(CC)CCCN(CC(=O)N(C1CCCCC1)C1CCCCC1)C(=O)c1ccc(NS(C)(=O)=O)cc1.O=C(O)C(=O)O. The number of hydrogen-bond donors (Lipinski definition) is 3. The van der Waals surface area contributed by atoms with Crippen LogP contribution in [0.4, 0.5) is 5.69 Å². The molecule has 1 aromatic rings. The highest BCUT2D eigenvalue weighted by Gasteiger charge is 2.34. The number of nitrogens with zero attached hydrogens (tertiary/aromatic N) is 3. The van der Waals surface area contributed by atoms with Gasteiger partial charge in [0.2, 0.25) is 15.9 Å². The van der Waals surface area contributed by atoms with Crippen LogP contribution in [0.5, 0.6) is 0 Å². The second-order valence-electron chi connectivity index (χ2n) is 11.6. The Morgan fingerprint density at radius 1 is 0.795 bits per heavy atom. The van der Waals surface area contributed by atoms with Gasteiger partial charge in [-0.2, -0.15) is 0 Å². The van der Waals surface area contributed by atoms with Crippen molar-refractivity contribution >= 4 is 39.5 Å². The molecule has 0 aromatic heterocycles. The summed E-state index contributed by atoms with van der Waals surface area (Å²) in [7, 11) is -3.40. The van der Waals surface area contributed by atoms with Crippen molar-refractivity contribution in [3.8, 4) is 0 Å². The van der Waals surface area contributed by atoms with Gasteiger partial charge in [-0.3, -0.25) is 14.3 Å². The molecule has 2 amide bonds. The number of aliphatic carboxylic acids is 2. The van der Waals surface area contributed by atoms with Crippen molar-refractivity contribution in [2.45, 2.75) is 96.6 Å². The monoisotopic (exact) mass is 638 g/mol. The van der Waals surface area contributed by atoms with Crippen LogP contribution in [0, 0.1) is 0 Å². The summed E-state index contributed by atoms with van der Waals surface area (Å²) >= 11 is 0. The largest absolute Gasteiger partial charge is 0.473 e. The number of nitrogens with one attached hydrogen (secondary N) is 1. The normalized spacial score (nSPS) is 16.0. The summed E-state index contributed by atoms with van der Waals surface area (Å²) in [5.74, 6) is -3.75. The van der Waals surface area contributed by atoms with E-state index in [0.29, 0.717) is 17.8 Å². The molecule has 3 N–H and O–H groups in total. The van der Waals surface area contributed by atoms with E-state index in [2.05, 4.69) is 28.4 Å². The molecule has 0 bridgehead atoms. The summed E-state index contributed by atoms with van der Waals surface area (Å²) in [6.07, 6.45) is 13.3. The van der Waals surface area contributed by atoms with E-state index in [1.54, 1.807) is 29.2 Å². The molecular weight excluding hydrogens is 588 g/mol. The maximum Gasteiger partial charge on any atom is 0.414 e. The lowest BCUT2D eigenvalue weighted by Gasteiger charge is -2.42. The standard InChI is InChI=1S/C29H48N4O4S.C2H2O4/c1-4-31(5-2)21-12-22-32(29(35)24-17-19-25(20-18-24)30-38(3,36)37)23-28(34)33(26-13-8-6-9-14-26)27-15-10-7-11-16-27;3-1(4)2(5)6/h17-20,26-27,30H,4-16,21-23H2,1-3H3;(H,3,4)(H,5,6). The van der Waals surface area contributed by atoms with Gasteiger partial charge in [0.1, 0.15) is 6.54 Å². The molecule has 0 radical (unpaired) electrons. The van der Waals surface area contributed by atoms with Crippen LogP contribution in [0.15, 0.2) is 24.3 Å². The molecule has 44 heavy (non-hydrogen) atoms. The molecule has 0 atom stereocenters. The number of sulfonamides is 1. The first kappa shape index (κ1) is 37.0. The van der Waals surface area contributed by atoms with E-state index in [1.807, 2.05) is 0 Å². The lowest BCUT2D eigenvalue weighted by molar-refractivity contribution is -0.159. The van der Waals surface area contributed by atoms with Crippen LogP contribution in [0.2, 0.25) is 0 Å². The minimum absolute atomic E-state index is 0.0790. The zero-order chi connectivity index (χ0) is 32.7. The van der Waals surface area contributed by atoms with Crippen LogP contribution in [0.3, 0.4) is 0 Å². The van der Waals surface area contributed by atoms with Gasteiger partial charge in [0, 0.05) is 29.9 Å².